The lowest BCUT2D eigenvalue weighted by Gasteiger charge is -2.16. The highest BCUT2D eigenvalue weighted by atomic mass is 16.5. The normalized spacial score (nSPS) is 21.5. The number of hydrogen-bond donors (Lipinski definition) is 3. The minimum absolute atomic E-state index is 0.0244. The summed E-state index contributed by atoms with van der Waals surface area (Å²) in [7, 11) is 1.46. The van der Waals surface area contributed by atoms with Crippen molar-refractivity contribution in [3.8, 4) is 5.75 Å². The van der Waals surface area contributed by atoms with E-state index in [4.69, 9.17) is 4.74 Å². The molecule has 2 unspecified atom stereocenters. The highest BCUT2D eigenvalue weighted by molar-refractivity contribution is 6.01. The number of carbonyl (C=O) groups excluding carboxylic acids is 1. The molecule has 1 aliphatic rings. The molecule has 0 spiro atoms. The molecule has 3 N–H and O–H groups in total. The lowest BCUT2D eigenvalue weighted by Crippen LogP contribution is -2.32. The fourth-order valence-corrected chi connectivity index (χ4v) is 2.38. The second kappa shape index (κ2) is 5.92. The van der Waals surface area contributed by atoms with Crippen LogP contribution in [0.3, 0.4) is 0 Å². The molecular weight excluding hydrogens is 260 g/mol. The highest BCUT2D eigenvalue weighted by Gasteiger charge is 2.30. The first kappa shape index (κ1) is 14.3. The highest BCUT2D eigenvalue weighted by Crippen LogP contribution is 2.24. The van der Waals surface area contributed by atoms with Crippen LogP contribution in [0.25, 0.3) is 0 Å². The third kappa shape index (κ3) is 2.91. The Morgan fingerprint density at radius 1 is 1.45 bits per heavy atom. The van der Waals surface area contributed by atoms with Crippen molar-refractivity contribution in [2.75, 3.05) is 19.0 Å². The molecule has 1 aliphatic heterocycles. The maximum atomic E-state index is 12.2. The molecule has 0 aromatic heterocycles. The number of nitrogens with one attached hydrogen (secondary N) is 2. The average molecular weight is 278 g/mol. The summed E-state index contributed by atoms with van der Waals surface area (Å²) >= 11 is 0. The van der Waals surface area contributed by atoms with Gasteiger partial charge in [0.15, 0.2) is 0 Å². The zero-order chi connectivity index (χ0) is 14.7. The second-order valence-electron chi connectivity index (χ2n) is 4.84. The predicted octanol–water partition coefficient (Wildman–Crippen LogP) is 1.33. The van der Waals surface area contributed by atoms with E-state index in [2.05, 4.69) is 10.6 Å². The monoisotopic (exact) mass is 278 g/mol. The first-order valence-electron chi connectivity index (χ1n) is 6.48. The fraction of sp³-hybridized carbons (Fsp3) is 0.429. The summed E-state index contributed by atoms with van der Waals surface area (Å²) < 4.78 is 5.00. The van der Waals surface area contributed by atoms with Gasteiger partial charge in [-0.3, -0.25) is 4.79 Å². The molecule has 0 radical (unpaired) electrons. The van der Waals surface area contributed by atoms with Gasteiger partial charge in [-0.05, 0) is 38.1 Å². The van der Waals surface area contributed by atoms with Gasteiger partial charge in [0.1, 0.15) is 5.75 Å². The molecule has 2 rings (SSSR count). The van der Waals surface area contributed by atoms with E-state index < -0.39 is 5.97 Å². The van der Waals surface area contributed by atoms with Gasteiger partial charge < -0.3 is 20.5 Å². The van der Waals surface area contributed by atoms with Crippen molar-refractivity contribution in [1.29, 1.82) is 0 Å². The lowest BCUT2D eigenvalue weighted by molar-refractivity contribution is -0.120. The Morgan fingerprint density at radius 2 is 2.20 bits per heavy atom. The average Bonchev–Trinajstić information content (AvgIpc) is 2.85. The first-order chi connectivity index (χ1) is 9.52. The molecule has 1 heterocycles. The number of carbonyl (C=O) groups is 2. The van der Waals surface area contributed by atoms with Gasteiger partial charge in [0.2, 0.25) is 5.91 Å². The maximum absolute atomic E-state index is 12.2. The molecule has 1 fully saturated rings. The smallest absolute Gasteiger partial charge is 0.337 e. The van der Waals surface area contributed by atoms with Gasteiger partial charge >= 0.3 is 5.97 Å². The summed E-state index contributed by atoms with van der Waals surface area (Å²) in [6.45, 7) is 2.75. The van der Waals surface area contributed by atoms with E-state index in [1.165, 1.54) is 13.2 Å². The minimum atomic E-state index is -1.10. The predicted molar refractivity (Wildman–Crippen MR) is 74.2 cm³/mol. The van der Waals surface area contributed by atoms with Gasteiger partial charge in [-0.25, -0.2) is 4.79 Å². The van der Waals surface area contributed by atoms with Crippen LogP contribution in [0.4, 0.5) is 5.69 Å². The topological polar surface area (TPSA) is 87.7 Å². The molecule has 0 bridgehead atoms. The van der Waals surface area contributed by atoms with E-state index >= 15 is 0 Å². The molecule has 108 valence electrons. The van der Waals surface area contributed by atoms with Crippen LogP contribution in [-0.2, 0) is 4.79 Å². The van der Waals surface area contributed by atoms with E-state index in [9.17, 15) is 14.7 Å². The molecule has 1 aromatic rings. The third-order valence-electron chi connectivity index (χ3n) is 3.58. The Balaban J connectivity index is 2.20. The van der Waals surface area contributed by atoms with Crippen LogP contribution in [-0.4, -0.2) is 36.7 Å². The Kier molecular flexibility index (Phi) is 4.24. The van der Waals surface area contributed by atoms with Gasteiger partial charge in [-0.2, -0.15) is 0 Å². The molecule has 1 aromatic carbocycles. The third-order valence-corrected chi connectivity index (χ3v) is 3.58. The summed E-state index contributed by atoms with van der Waals surface area (Å²) in [5, 5.41) is 15.1. The van der Waals surface area contributed by atoms with Crippen molar-refractivity contribution in [2.24, 2.45) is 5.92 Å². The van der Waals surface area contributed by atoms with Crippen molar-refractivity contribution >= 4 is 17.6 Å². The molecule has 1 amide bonds. The lowest BCUT2D eigenvalue weighted by atomic mass is 10.0. The van der Waals surface area contributed by atoms with Crippen LogP contribution in [0, 0.1) is 5.92 Å². The van der Waals surface area contributed by atoms with E-state index in [-0.39, 0.29) is 23.4 Å². The Labute approximate surface area is 117 Å². The zero-order valence-electron chi connectivity index (χ0n) is 11.5. The Hall–Kier alpha value is -2.08. The first-order valence-corrected chi connectivity index (χ1v) is 6.48. The van der Waals surface area contributed by atoms with E-state index in [0.29, 0.717) is 11.4 Å². The number of rotatable bonds is 4. The van der Waals surface area contributed by atoms with Crippen LogP contribution < -0.4 is 15.4 Å². The largest absolute Gasteiger partial charge is 0.497 e. The molecule has 2 atom stereocenters. The van der Waals surface area contributed by atoms with Crippen LogP contribution >= 0.6 is 0 Å². The van der Waals surface area contributed by atoms with Crippen molar-refractivity contribution in [3.63, 3.8) is 0 Å². The number of amides is 1. The maximum Gasteiger partial charge on any atom is 0.337 e. The summed E-state index contributed by atoms with van der Waals surface area (Å²) in [6.07, 6.45) is 0.756. The number of hydrogen-bond acceptors (Lipinski definition) is 4. The SMILES string of the molecule is COc1ccc(NC(=O)C2CCNC2C)c(C(=O)O)c1. The molecule has 0 aliphatic carbocycles. The van der Waals surface area contributed by atoms with Gasteiger partial charge in [0.25, 0.3) is 0 Å². The van der Waals surface area contributed by atoms with Crippen LogP contribution in [0.15, 0.2) is 18.2 Å². The molecular formula is C14H18N2O4. The number of anilines is 1. The quantitative estimate of drug-likeness (QED) is 0.773. The van der Waals surface area contributed by atoms with Crippen molar-refractivity contribution < 1.29 is 19.4 Å². The Morgan fingerprint density at radius 3 is 2.75 bits per heavy atom. The molecule has 0 saturated carbocycles. The van der Waals surface area contributed by atoms with Crippen LogP contribution in [0.5, 0.6) is 5.75 Å². The summed E-state index contributed by atoms with van der Waals surface area (Å²) in [4.78, 5) is 23.4. The number of aromatic carboxylic acids is 1. The van der Waals surface area contributed by atoms with Gasteiger partial charge in [-0.1, -0.05) is 0 Å². The minimum Gasteiger partial charge on any atom is -0.497 e. The summed E-state index contributed by atoms with van der Waals surface area (Å²) in [5.74, 6) is -0.956. The number of benzene rings is 1. The van der Waals surface area contributed by atoms with Gasteiger partial charge in [0, 0.05) is 6.04 Å². The van der Waals surface area contributed by atoms with E-state index in [1.54, 1.807) is 12.1 Å². The second-order valence-corrected chi connectivity index (χ2v) is 4.84. The Bertz CT molecular complexity index is 530. The fourth-order valence-electron chi connectivity index (χ4n) is 2.38. The summed E-state index contributed by atoms with van der Waals surface area (Å²) in [6, 6.07) is 4.67. The summed E-state index contributed by atoms with van der Waals surface area (Å²) in [5.41, 5.74) is 0.318. The molecule has 20 heavy (non-hydrogen) atoms. The van der Waals surface area contributed by atoms with Crippen LogP contribution in [0.2, 0.25) is 0 Å². The standard InChI is InChI=1S/C14H18N2O4/c1-8-10(5-6-15-8)13(17)16-12-4-3-9(20-2)7-11(12)14(18)19/h3-4,7-8,10,15H,5-6H2,1-2H3,(H,16,17)(H,18,19). The number of methoxy groups -OCH3 is 1. The molecule has 6 heteroatoms. The zero-order valence-corrected chi connectivity index (χ0v) is 11.5. The van der Waals surface area contributed by atoms with Crippen molar-refractivity contribution in [2.45, 2.75) is 19.4 Å². The number of carboxylic acids is 1. The molecule has 6 nitrogen and oxygen atoms in total. The molecule has 1 saturated heterocycles. The van der Waals surface area contributed by atoms with E-state index in [1.807, 2.05) is 6.92 Å². The van der Waals surface area contributed by atoms with Gasteiger partial charge in [0.05, 0.1) is 24.3 Å². The van der Waals surface area contributed by atoms with Crippen LogP contribution in [0.1, 0.15) is 23.7 Å². The van der Waals surface area contributed by atoms with Gasteiger partial charge in [-0.15, -0.1) is 0 Å². The number of ether oxygens (including phenoxy) is 1. The number of carboxylic acid groups (broad SMARTS) is 1. The van der Waals surface area contributed by atoms with E-state index in [0.717, 1.165) is 13.0 Å². The van der Waals surface area contributed by atoms with Crippen molar-refractivity contribution in [3.05, 3.63) is 23.8 Å². The van der Waals surface area contributed by atoms with Crippen molar-refractivity contribution in [1.82, 2.24) is 5.32 Å².